The molecule has 0 amide bonds. The highest BCUT2D eigenvalue weighted by molar-refractivity contribution is 7.71. The maximum absolute atomic E-state index is 5.33. The van der Waals surface area contributed by atoms with Gasteiger partial charge in [0.1, 0.15) is 5.01 Å². The molecule has 2 aromatic heterocycles. The van der Waals surface area contributed by atoms with Crippen molar-refractivity contribution in [3.05, 3.63) is 33.2 Å². The molecule has 0 spiro atoms. The van der Waals surface area contributed by atoms with Crippen LogP contribution < -0.4 is 0 Å². The summed E-state index contributed by atoms with van der Waals surface area (Å²) in [5.74, 6) is 0.454. The van der Waals surface area contributed by atoms with Crippen LogP contribution in [0.25, 0.3) is 0 Å². The molecule has 0 saturated heterocycles. The van der Waals surface area contributed by atoms with Gasteiger partial charge in [0.2, 0.25) is 0 Å². The maximum Gasteiger partial charge on any atom is 0.177 e. The lowest BCUT2D eigenvalue weighted by molar-refractivity contribution is 0.579. The third kappa shape index (κ3) is 1.97. The molecule has 2 rings (SSSR count). The highest BCUT2D eigenvalue weighted by Gasteiger charge is 2.16. The summed E-state index contributed by atoms with van der Waals surface area (Å²) in [5.41, 5.74) is 1.23. The quantitative estimate of drug-likeness (QED) is 0.845. The van der Waals surface area contributed by atoms with Crippen molar-refractivity contribution in [2.45, 2.75) is 32.7 Å². The second-order valence-electron chi connectivity index (χ2n) is 4.09. The first-order valence-electron chi connectivity index (χ1n) is 5.30. The van der Waals surface area contributed by atoms with Crippen LogP contribution in [-0.4, -0.2) is 14.5 Å². The van der Waals surface area contributed by atoms with Crippen LogP contribution in [0.15, 0.2) is 17.8 Å². The van der Waals surface area contributed by atoms with Gasteiger partial charge in [-0.2, -0.15) is 0 Å². The lowest BCUT2D eigenvalue weighted by atomic mass is 10.1. The Morgan fingerprint density at radius 2 is 2.19 bits per heavy atom. The Labute approximate surface area is 104 Å². The normalized spacial score (nSPS) is 13.2. The van der Waals surface area contributed by atoms with Crippen LogP contribution in [0.5, 0.6) is 0 Å². The van der Waals surface area contributed by atoms with Crippen molar-refractivity contribution in [2.24, 2.45) is 0 Å². The standard InChI is InChI=1S/C11H15N3S2/c1-7(2)9-6-13-11(15)14(9)8(3)10-12-4-5-16-10/h4-8H,1-3H3,(H,13,15). The zero-order chi connectivity index (χ0) is 11.7. The third-order valence-corrected chi connectivity index (χ3v) is 3.89. The average molecular weight is 253 g/mol. The van der Waals surface area contributed by atoms with Crippen LogP contribution in [0.3, 0.4) is 0 Å². The summed E-state index contributed by atoms with van der Waals surface area (Å²) in [6, 6.07) is 0.205. The third-order valence-electron chi connectivity index (χ3n) is 2.63. The summed E-state index contributed by atoms with van der Waals surface area (Å²) in [4.78, 5) is 7.47. The fraction of sp³-hybridized carbons (Fsp3) is 0.455. The summed E-state index contributed by atoms with van der Waals surface area (Å²) in [7, 11) is 0. The summed E-state index contributed by atoms with van der Waals surface area (Å²) < 4.78 is 2.92. The Kier molecular flexibility index (Phi) is 3.25. The van der Waals surface area contributed by atoms with Gasteiger partial charge in [0.15, 0.2) is 4.77 Å². The topological polar surface area (TPSA) is 33.6 Å². The number of nitrogens with one attached hydrogen (secondary N) is 1. The molecule has 2 aromatic rings. The first kappa shape index (κ1) is 11.5. The van der Waals surface area contributed by atoms with Crippen molar-refractivity contribution < 1.29 is 0 Å². The van der Waals surface area contributed by atoms with Gasteiger partial charge in [-0.15, -0.1) is 11.3 Å². The van der Waals surface area contributed by atoms with E-state index in [2.05, 4.69) is 35.3 Å². The molecule has 1 N–H and O–H groups in total. The van der Waals surface area contributed by atoms with Gasteiger partial charge in [-0.1, -0.05) is 13.8 Å². The molecule has 0 saturated carbocycles. The molecule has 0 bridgehead atoms. The van der Waals surface area contributed by atoms with Gasteiger partial charge >= 0.3 is 0 Å². The summed E-state index contributed by atoms with van der Waals surface area (Å²) in [6.07, 6.45) is 3.83. The molecule has 0 aliphatic carbocycles. The first-order valence-corrected chi connectivity index (χ1v) is 6.59. The van der Waals surface area contributed by atoms with Crippen LogP contribution in [0, 0.1) is 4.77 Å². The zero-order valence-electron chi connectivity index (χ0n) is 9.60. The minimum absolute atomic E-state index is 0.205. The van der Waals surface area contributed by atoms with Crippen LogP contribution >= 0.6 is 23.6 Å². The highest BCUT2D eigenvalue weighted by Crippen LogP contribution is 2.25. The summed E-state index contributed by atoms with van der Waals surface area (Å²) in [5, 5.41) is 3.09. The van der Waals surface area contributed by atoms with Gasteiger partial charge in [-0.05, 0) is 25.1 Å². The fourth-order valence-corrected chi connectivity index (χ4v) is 2.80. The summed E-state index contributed by atoms with van der Waals surface area (Å²) in [6.45, 7) is 6.47. The number of rotatable bonds is 3. The van der Waals surface area contributed by atoms with Gasteiger partial charge in [0, 0.05) is 23.5 Å². The maximum atomic E-state index is 5.33. The molecule has 0 aliphatic rings. The largest absolute Gasteiger partial charge is 0.337 e. The highest BCUT2D eigenvalue weighted by atomic mass is 32.1. The van der Waals surface area contributed by atoms with Gasteiger partial charge in [0.05, 0.1) is 6.04 Å². The number of hydrogen-bond donors (Lipinski definition) is 1. The molecule has 16 heavy (non-hydrogen) atoms. The fourth-order valence-electron chi connectivity index (χ4n) is 1.79. The Hall–Kier alpha value is -0.940. The number of H-pyrrole nitrogens is 1. The van der Waals surface area contributed by atoms with Crippen LogP contribution in [0.1, 0.15) is 43.4 Å². The van der Waals surface area contributed by atoms with E-state index in [1.165, 1.54) is 5.69 Å². The van der Waals surface area contributed by atoms with E-state index in [4.69, 9.17) is 12.2 Å². The van der Waals surface area contributed by atoms with Gasteiger partial charge in [-0.25, -0.2) is 4.98 Å². The number of imidazole rings is 1. The zero-order valence-corrected chi connectivity index (χ0v) is 11.2. The SMILES string of the molecule is CC(C)c1c[nH]c(=S)n1C(C)c1nccs1. The lowest BCUT2D eigenvalue weighted by Gasteiger charge is -2.16. The van der Waals surface area contributed by atoms with Gasteiger partial charge in [-0.3, -0.25) is 0 Å². The number of aromatic nitrogens is 3. The van der Waals surface area contributed by atoms with E-state index in [9.17, 15) is 0 Å². The van der Waals surface area contributed by atoms with Crippen molar-refractivity contribution in [1.82, 2.24) is 14.5 Å². The van der Waals surface area contributed by atoms with Crippen LogP contribution in [0.4, 0.5) is 0 Å². The molecular formula is C11H15N3S2. The lowest BCUT2D eigenvalue weighted by Crippen LogP contribution is -2.11. The molecule has 86 valence electrons. The van der Waals surface area contributed by atoms with Crippen molar-refractivity contribution in [1.29, 1.82) is 0 Å². The molecule has 0 aromatic carbocycles. The second-order valence-corrected chi connectivity index (χ2v) is 5.40. The first-order chi connectivity index (χ1) is 7.61. The van der Waals surface area contributed by atoms with Gasteiger partial charge < -0.3 is 9.55 Å². The molecule has 1 unspecified atom stereocenters. The smallest absolute Gasteiger partial charge is 0.177 e. The van der Waals surface area contributed by atoms with E-state index in [0.717, 1.165) is 9.78 Å². The van der Waals surface area contributed by atoms with E-state index < -0.39 is 0 Å². The molecule has 2 heterocycles. The molecule has 0 fully saturated rings. The molecule has 0 radical (unpaired) electrons. The van der Waals surface area contributed by atoms with Crippen molar-refractivity contribution >= 4 is 23.6 Å². The van der Waals surface area contributed by atoms with E-state index in [1.807, 2.05) is 17.8 Å². The van der Waals surface area contributed by atoms with Crippen molar-refractivity contribution in [2.75, 3.05) is 0 Å². The van der Waals surface area contributed by atoms with Crippen LogP contribution in [0.2, 0.25) is 0 Å². The van der Waals surface area contributed by atoms with E-state index in [-0.39, 0.29) is 6.04 Å². The number of nitrogens with zero attached hydrogens (tertiary/aromatic N) is 2. The summed E-state index contributed by atoms with van der Waals surface area (Å²) >= 11 is 6.99. The van der Waals surface area contributed by atoms with Gasteiger partial charge in [0.25, 0.3) is 0 Å². The number of thiazole rings is 1. The Balaban J connectivity index is 2.47. The minimum atomic E-state index is 0.205. The Morgan fingerprint density at radius 1 is 1.44 bits per heavy atom. The number of aromatic amines is 1. The molecule has 3 nitrogen and oxygen atoms in total. The Bertz CT molecular complexity index is 508. The second kappa shape index (κ2) is 4.51. The van der Waals surface area contributed by atoms with E-state index in [1.54, 1.807) is 11.3 Å². The predicted molar refractivity (Wildman–Crippen MR) is 69.6 cm³/mol. The number of hydrogen-bond acceptors (Lipinski definition) is 3. The minimum Gasteiger partial charge on any atom is -0.337 e. The molecule has 5 heteroatoms. The molecule has 1 atom stereocenters. The van der Waals surface area contributed by atoms with E-state index in [0.29, 0.717) is 5.92 Å². The molecular weight excluding hydrogens is 238 g/mol. The predicted octanol–water partition coefficient (Wildman–Crippen LogP) is 3.73. The van der Waals surface area contributed by atoms with Crippen LogP contribution in [-0.2, 0) is 0 Å². The monoisotopic (exact) mass is 253 g/mol. The molecule has 0 aliphatic heterocycles. The Morgan fingerprint density at radius 3 is 2.75 bits per heavy atom. The van der Waals surface area contributed by atoms with E-state index >= 15 is 0 Å². The van der Waals surface area contributed by atoms with Crippen molar-refractivity contribution in [3.8, 4) is 0 Å². The van der Waals surface area contributed by atoms with Crippen molar-refractivity contribution in [3.63, 3.8) is 0 Å². The average Bonchev–Trinajstić information content (AvgIpc) is 2.84.